The van der Waals surface area contributed by atoms with Crippen LogP contribution in [-0.4, -0.2) is 30.8 Å². The molecule has 2 aromatic rings. The second-order valence-corrected chi connectivity index (χ2v) is 6.68. The van der Waals surface area contributed by atoms with Gasteiger partial charge in [0.2, 0.25) is 5.91 Å². The first kappa shape index (κ1) is 19.2. The summed E-state index contributed by atoms with van der Waals surface area (Å²) in [5, 5.41) is 7.17. The van der Waals surface area contributed by atoms with Gasteiger partial charge in [-0.3, -0.25) is 4.79 Å². The minimum atomic E-state index is -0.234. The van der Waals surface area contributed by atoms with E-state index >= 15 is 0 Å². The molecule has 0 aliphatic carbocycles. The Morgan fingerprint density at radius 3 is 2.92 bits per heavy atom. The van der Waals surface area contributed by atoms with Gasteiger partial charge in [-0.2, -0.15) is 5.10 Å². The molecule has 0 unspecified atom stereocenters. The number of hydrazone groups is 1. The highest BCUT2D eigenvalue weighted by molar-refractivity contribution is 7.09. The molecule has 0 bridgehead atoms. The zero-order chi connectivity index (χ0) is 18.2. The van der Waals surface area contributed by atoms with Gasteiger partial charge in [-0.1, -0.05) is 18.5 Å². The Balaban J connectivity index is 2.00. The standard InChI is InChI=1S/C17H20ClN3O3S/c1-4-5-24-17-14(18)6-12(7-15(17)23-3)9-19-21-16(22)8-13-10-25-11(2)20-13/h6-7,9-10H,4-5,8H2,1-3H3,(H,21,22)/b19-9-. The van der Waals surface area contributed by atoms with E-state index in [0.717, 1.165) is 17.1 Å². The predicted molar refractivity (Wildman–Crippen MR) is 100 cm³/mol. The summed E-state index contributed by atoms with van der Waals surface area (Å²) in [5.74, 6) is 0.792. The number of carbonyl (C=O) groups excluding carboxylic acids is 1. The van der Waals surface area contributed by atoms with Crippen LogP contribution in [0.1, 0.15) is 29.6 Å². The van der Waals surface area contributed by atoms with Gasteiger partial charge in [-0.05, 0) is 31.0 Å². The van der Waals surface area contributed by atoms with Crippen LogP contribution in [0.25, 0.3) is 0 Å². The van der Waals surface area contributed by atoms with E-state index in [0.29, 0.717) is 28.7 Å². The highest BCUT2D eigenvalue weighted by Gasteiger charge is 2.11. The van der Waals surface area contributed by atoms with Crippen molar-refractivity contribution >= 4 is 35.1 Å². The quantitative estimate of drug-likeness (QED) is 0.560. The van der Waals surface area contributed by atoms with Crippen molar-refractivity contribution in [2.45, 2.75) is 26.7 Å². The van der Waals surface area contributed by atoms with Gasteiger partial charge in [-0.15, -0.1) is 11.3 Å². The summed E-state index contributed by atoms with van der Waals surface area (Å²) < 4.78 is 10.9. The van der Waals surface area contributed by atoms with Crippen molar-refractivity contribution in [1.29, 1.82) is 0 Å². The molecule has 0 saturated carbocycles. The maximum Gasteiger partial charge on any atom is 0.246 e. The number of hydrogen-bond acceptors (Lipinski definition) is 6. The van der Waals surface area contributed by atoms with Gasteiger partial charge in [0.05, 0.1) is 42.1 Å². The number of nitrogens with zero attached hydrogens (tertiary/aromatic N) is 2. The van der Waals surface area contributed by atoms with Crippen LogP contribution in [0.2, 0.25) is 5.02 Å². The minimum absolute atomic E-state index is 0.190. The van der Waals surface area contributed by atoms with E-state index in [4.69, 9.17) is 21.1 Å². The SMILES string of the molecule is CCCOc1c(Cl)cc(/C=N\NC(=O)Cc2csc(C)n2)cc1OC. The normalized spacial score (nSPS) is 10.9. The molecule has 0 aliphatic heterocycles. The van der Waals surface area contributed by atoms with Crippen molar-refractivity contribution in [3.63, 3.8) is 0 Å². The Morgan fingerprint density at radius 1 is 1.48 bits per heavy atom. The first-order chi connectivity index (χ1) is 12.0. The van der Waals surface area contributed by atoms with Crippen molar-refractivity contribution in [2.24, 2.45) is 5.10 Å². The number of ether oxygens (including phenoxy) is 2. The van der Waals surface area contributed by atoms with Gasteiger partial charge in [0.15, 0.2) is 11.5 Å². The second-order valence-electron chi connectivity index (χ2n) is 5.21. The number of aryl methyl sites for hydroxylation is 1. The molecule has 8 heteroatoms. The Hall–Kier alpha value is -2.12. The average Bonchev–Trinajstić information content (AvgIpc) is 2.98. The van der Waals surface area contributed by atoms with Gasteiger partial charge in [-0.25, -0.2) is 10.4 Å². The van der Waals surface area contributed by atoms with E-state index in [1.165, 1.54) is 17.6 Å². The van der Waals surface area contributed by atoms with Crippen molar-refractivity contribution in [1.82, 2.24) is 10.4 Å². The lowest BCUT2D eigenvalue weighted by Gasteiger charge is -2.12. The maximum atomic E-state index is 11.8. The number of hydrogen-bond donors (Lipinski definition) is 1. The van der Waals surface area contributed by atoms with E-state index in [9.17, 15) is 4.79 Å². The topological polar surface area (TPSA) is 72.8 Å². The maximum absolute atomic E-state index is 11.8. The number of nitrogens with one attached hydrogen (secondary N) is 1. The Morgan fingerprint density at radius 2 is 2.28 bits per heavy atom. The summed E-state index contributed by atoms with van der Waals surface area (Å²) in [7, 11) is 1.54. The molecule has 0 fully saturated rings. The van der Waals surface area contributed by atoms with Crippen LogP contribution in [0.15, 0.2) is 22.6 Å². The minimum Gasteiger partial charge on any atom is -0.493 e. The monoisotopic (exact) mass is 381 g/mol. The van der Waals surface area contributed by atoms with Gasteiger partial charge in [0, 0.05) is 5.38 Å². The number of amides is 1. The molecule has 0 spiro atoms. The fraction of sp³-hybridized carbons (Fsp3) is 0.353. The van der Waals surface area contributed by atoms with E-state index in [1.807, 2.05) is 19.2 Å². The summed E-state index contributed by atoms with van der Waals surface area (Å²) in [4.78, 5) is 16.1. The van der Waals surface area contributed by atoms with Crippen molar-refractivity contribution in [3.8, 4) is 11.5 Å². The van der Waals surface area contributed by atoms with Crippen LogP contribution in [-0.2, 0) is 11.2 Å². The molecule has 0 radical (unpaired) electrons. The third kappa shape index (κ3) is 5.72. The first-order valence-electron chi connectivity index (χ1n) is 7.76. The summed E-state index contributed by atoms with van der Waals surface area (Å²) in [6, 6.07) is 3.45. The molecule has 2 rings (SSSR count). The number of methoxy groups -OCH3 is 1. The second kappa shape index (κ2) is 9.39. The molecule has 0 saturated heterocycles. The van der Waals surface area contributed by atoms with Crippen molar-refractivity contribution < 1.29 is 14.3 Å². The number of halogens is 1. The number of benzene rings is 1. The molecule has 1 aromatic heterocycles. The lowest BCUT2D eigenvalue weighted by Crippen LogP contribution is -2.19. The van der Waals surface area contributed by atoms with Gasteiger partial charge in [0.1, 0.15) is 0 Å². The largest absolute Gasteiger partial charge is 0.493 e. The number of aromatic nitrogens is 1. The number of thiazole rings is 1. The number of carbonyl (C=O) groups is 1. The third-order valence-corrected chi connectivity index (χ3v) is 4.22. The van der Waals surface area contributed by atoms with E-state index in [2.05, 4.69) is 15.5 Å². The predicted octanol–water partition coefficient (Wildman–Crippen LogP) is 3.60. The summed E-state index contributed by atoms with van der Waals surface area (Å²) in [6.45, 7) is 4.46. The fourth-order valence-corrected chi connectivity index (χ4v) is 2.92. The van der Waals surface area contributed by atoms with Crippen molar-refractivity contribution in [2.75, 3.05) is 13.7 Å². The van der Waals surface area contributed by atoms with Crippen LogP contribution in [0.4, 0.5) is 0 Å². The van der Waals surface area contributed by atoms with Gasteiger partial charge in [0.25, 0.3) is 0 Å². The molecular formula is C17H20ClN3O3S. The molecule has 1 aromatic carbocycles. The summed E-state index contributed by atoms with van der Waals surface area (Å²) in [5.41, 5.74) is 3.90. The summed E-state index contributed by atoms with van der Waals surface area (Å²) in [6.07, 6.45) is 2.56. The molecule has 6 nitrogen and oxygen atoms in total. The molecule has 1 amide bonds. The lowest BCUT2D eigenvalue weighted by molar-refractivity contribution is -0.120. The lowest BCUT2D eigenvalue weighted by atomic mass is 10.2. The molecule has 25 heavy (non-hydrogen) atoms. The van der Waals surface area contributed by atoms with Crippen LogP contribution in [0.3, 0.4) is 0 Å². The molecular weight excluding hydrogens is 362 g/mol. The summed E-state index contributed by atoms with van der Waals surface area (Å²) >= 11 is 7.75. The number of rotatable bonds is 8. The zero-order valence-electron chi connectivity index (χ0n) is 14.3. The fourth-order valence-electron chi connectivity index (χ4n) is 2.03. The molecule has 1 heterocycles. The Labute approximate surface area is 155 Å². The highest BCUT2D eigenvalue weighted by atomic mass is 35.5. The van der Waals surface area contributed by atoms with Crippen LogP contribution >= 0.6 is 22.9 Å². The Bertz CT molecular complexity index is 762. The smallest absolute Gasteiger partial charge is 0.246 e. The van der Waals surface area contributed by atoms with Gasteiger partial charge >= 0.3 is 0 Å². The van der Waals surface area contributed by atoms with E-state index < -0.39 is 0 Å². The molecule has 0 atom stereocenters. The van der Waals surface area contributed by atoms with Crippen LogP contribution in [0, 0.1) is 6.92 Å². The zero-order valence-corrected chi connectivity index (χ0v) is 15.9. The molecule has 1 N–H and O–H groups in total. The van der Waals surface area contributed by atoms with Crippen LogP contribution < -0.4 is 14.9 Å². The van der Waals surface area contributed by atoms with Crippen LogP contribution in [0.5, 0.6) is 11.5 Å². The molecule has 134 valence electrons. The van der Waals surface area contributed by atoms with Gasteiger partial charge < -0.3 is 9.47 Å². The molecule has 0 aliphatic rings. The third-order valence-electron chi connectivity index (χ3n) is 3.11. The van der Waals surface area contributed by atoms with E-state index in [-0.39, 0.29) is 12.3 Å². The highest BCUT2D eigenvalue weighted by Crippen LogP contribution is 2.36. The van der Waals surface area contributed by atoms with Crippen molar-refractivity contribution in [3.05, 3.63) is 38.8 Å². The van der Waals surface area contributed by atoms with E-state index in [1.54, 1.807) is 19.2 Å². The first-order valence-corrected chi connectivity index (χ1v) is 9.02. The Kier molecular flexibility index (Phi) is 7.21. The average molecular weight is 382 g/mol.